The second kappa shape index (κ2) is 7.91. The van der Waals surface area contributed by atoms with E-state index in [-0.39, 0.29) is 17.7 Å². The van der Waals surface area contributed by atoms with Crippen molar-refractivity contribution in [1.82, 2.24) is 5.48 Å². The van der Waals surface area contributed by atoms with Gasteiger partial charge in [0.05, 0.1) is 6.04 Å². The van der Waals surface area contributed by atoms with Crippen LogP contribution in [-0.2, 0) is 15.0 Å². The highest BCUT2D eigenvalue weighted by Crippen LogP contribution is 2.23. The van der Waals surface area contributed by atoms with Gasteiger partial charge in [0.15, 0.2) is 0 Å². The largest absolute Gasteiger partial charge is 0.326 e. The van der Waals surface area contributed by atoms with Crippen LogP contribution in [-0.4, -0.2) is 23.1 Å². The third-order valence-electron chi connectivity index (χ3n) is 3.40. The van der Waals surface area contributed by atoms with Gasteiger partial charge in [0.2, 0.25) is 5.91 Å². The lowest BCUT2D eigenvalue weighted by Gasteiger charge is -2.19. The number of amides is 2. The molecule has 0 bridgehead atoms. The number of nitrogens with two attached hydrogens (primary N) is 1. The fourth-order valence-corrected chi connectivity index (χ4v) is 1.97. The van der Waals surface area contributed by atoms with Crippen molar-refractivity contribution in [2.45, 2.75) is 51.5 Å². The molecule has 0 radical (unpaired) electrons. The number of carbonyl (C=O) groups excluding carboxylic acids is 2. The number of rotatable bonds is 6. The normalized spacial score (nSPS) is 12.6. The van der Waals surface area contributed by atoms with E-state index in [9.17, 15) is 9.59 Å². The van der Waals surface area contributed by atoms with Crippen molar-refractivity contribution in [1.29, 1.82) is 0 Å². The van der Waals surface area contributed by atoms with E-state index < -0.39 is 11.9 Å². The molecule has 0 fully saturated rings. The Balaban J connectivity index is 2.41. The molecular formula is C16H25N3O3. The van der Waals surface area contributed by atoms with E-state index in [1.807, 2.05) is 24.3 Å². The maximum Gasteiger partial charge on any atom is 0.260 e. The van der Waals surface area contributed by atoms with Crippen LogP contribution in [0.5, 0.6) is 0 Å². The van der Waals surface area contributed by atoms with Gasteiger partial charge in [0.25, 0.3) is 5.91 Å². The number of hydrogen-bond donors (Lipinski definition) is 4. The number of carbonyl (C=O) groups is 2. The number of hydroxylamine groups is 1. The average Bonchev–Trinajstić information content (AvgIpc) is 2.45. The first-order valence-electron chi connectivity index (χ1n) is 7.34. The summed E-state index contributed by atoms with van der Waals surface area (Å²) in [6, 6.07) is 6.95. The molecule has 0 saturated heterocycles. The molecule has 6 heteroatoms. The number of hydrogen-bond acceptors (Lipinski definition) is 4. The highest BCUT2D eigenvalue weighted by atomic mass is 16.5. The average molecular weight is 307 g/mol. The second-order valence-electron chi connectivity index (χ2n) is 6.35. The van der Waals surface area contributed by atoms with Crippen molar-refractivity contribution < 1.29 is 14.8 Å². The fourth-order valence-electron chi connectivity index (χ4n) is 1.97. The fraction of sp³-hybridized carbons (Fsp3) is 0.500. The summed E-state index contributed by atoms with van der Waals surface area (Å²) in [6.45, 7) is 6.39. The van der Waals surface area contributed by atoms with Gasteiger partial charge in [-0.25, -0.2) is 5.48 Å². The molecule has 0 heterocycles. The van der Waals surface area contributed by atoms with Crippen molar-refractivity contribution in [3.63, 3.8) is 0 Å². The van der Waals surface area contributed by atoms with Crippen LogP contribution < -0.4 is 16.5 Å². The quantitative estimate of drug-likeness (QED) is 0.476. The Labute approximate surface area is 131 Å². The third kappa shape index (κ3) is 5.83. The maximum absolute atomic E-state index is 11.8. The van der Waals surface area contributed by atoms with Gasteiger partial charge < -0.3 is 11.1 Å². The van der Waals surface area contributed by atoms with Gasteiger partial charge >= 0.3 is 0 Å². The molecule has 0 aliphatic carbocycles. The van der Waals surface area contributed by atoms with Crippen LogP contribution in [0.1, 0.15) is 45.6 Å². The van der Waals surface area contributed by atoms with Crippen LogP contribution in [0.2, 0.25) is 0 Å². The van der Waals surface area contributed by atoms with Crippen molar-refractivity contribution in [2.75, 3.05) is 5.32 Å². The summed E-state index contributed by atoms with van der Waals surface area (Å²) >= 11 is 0. The Morgan fingerprint density at radius 3 is 2.32 bits per heavy atom. The van der Waals surface area contributed by atoms with E-state index in [4.69, 9.17) is 10.9 Å². The number of benzene rings is 1. The molecule has 2 amide bonds. The molecule has 0 aliphatic rings. The molecule has 1 aromatic rings. The van der Waals surface area contributed by atoms with Gasteiger partial charge in [0, 0.05) is 12.1 Å². The lowest BCUT2D eigenvalue weighted by Crippen LogP contribution is -2.38. The maximum atomic E-state index is 11.8. The number of anilines is 1. The molecular weight excluding hydrogens is 282 g/mol. The monoisotopic (exact) mass is 307 g/mol. The summed E-state index contributed by atoms with van der Waals surface area (Å²) < 4.78 is 0. The summed E-state index contributed by atoms with van der Waals surface area (Å²) in [7, 11) is 0. The van der Waals surface area contributed by atoms with Crippen LogP contribution in [0.3, 0.4) is 0 Å². The van der Waals surface area contributed by atoms with Gasteiger partial charge in [-0.05, 0) is 36.0 Å². The Bertz CT molecular complexity index is 506. The number of nitrogens with one attached hydrogen (secondary N) is 2. The van der Waals surface area contributed by atoms with Crippen molar-refractivity contribution in [3.8, 4) is 0 Å². The van der Waals surface area contributed by atoms with Gasteiger partial charge in [-0.3, -0.25) is 14.8 Å². The van der Waals surface area contributed by atoms with Crippen molar-refractivity contribution in [2.24, 2.45) is 5.73 Å². The summed E-state index contributed by atoms with van der Waals surface area (Å²) in [4.78, 5) is 22.8. The lowest BCUT2D eigenvalue weighted by atomic mass is 9.87. The third-order valence-corrected chi connectivity index (χ3v) is 3.40. The standard InChI is InChI=1S/C16H25N3O3/c1-16(2,3)11-7-9-12(10-8-11)18-14(20)6-4-5-13(17)15(21)19-22/h7-10,13,22H,4-6,17H2,1-3H3,(H,18,20)(H,19,21)/t13-/m0/s1. The van der Waals surface area contributed by atoms with Gasteiger partial charge in [-0.15, -0.1) is 0 Å². The molecule has 22 heavy (non-hydrogen) atoms. The molecule has 1 atom stereocenters. The van der Waals surface area contributed by atoms with Crippen LogP contribution in [0.4, 0.5) is 5.69 Å². The Morgan fingerprint density at radius 2 is 1.82 bits per heavy atom. The van der Waals surface area contributed by atoms with Crippen molar-refractivity contribution in [3.05, 3.63) is 29.8 Å². The molecule has 5 N–H and O–H groups in total. The van der Waals surface area contributed by atoms with Crippen LogP contribution >= 0.6 is 0 Å². The Morgan fingerprint density at radius 1 is 1.23 bits per heavy atom. The van der Waals surface area contributed by atoms with Crippen LogP contribution in [0.25, 0.3) is 0 Å². The van der Waals surface area contributed by atoms with E-state index in [0.717, 1.165) is 5.69 Å². The highest BCUT2D eigenvalue weighted by Gasteiger charge is 2.14. The highest BCUT2D eigenvalue weighted by molar-refractivity contribution is 5.90. The van der Waals surface area contributed by atoms with E-state index in [1.54, 1.807) is 0 Å². The predicted octanol–water partition coefficient (Wildman–Crippen LogP) is 1.93. The zero-order valence-electron chi connectivity index (χ0n) is 13.3. The molecule has 0 aromatic heterocycles. The zero-order valence-corrected chi connectivity index (χ0v) is 13.3. The minimum atomic E-state index is -0.802. The first kappa shape index (κ1) is 18.1. The SMILES string of the molecule is CC(C)(C)c1ccc(NC(=O)CCC[C@H](N)C(=O)NO)cc1. The first-order chi connectivity index (χ1) is 10.2. The second-order valence-corrected chi connectivity index (χ2v) is 6.35. The molecule has 6 nitrogen and oxygen atoms in total. The lowest BCUT2D eigenvalue weighted by molar-refractivity contribution is -0.130. The summed E-state index contributed by atoms with van der Waals surface area (Å²) in [6.07, 6.45) is 1.08. The first-order valence-corrected chi connectivity index (χ1v) is 7.34. The smallest absolute Gasteiger partial charge is 0.260 e. The Kier molecular flexibility index (Phi) is 6.52. The zero-order chi connectivity index (χ0) is 16.8. The Hall–Kier alpha value is -1.92. The molecule has 1 rings (SSSR count). The van der Waals surface area contributed by atoms with Gasteiger partial charge in [0.1, 0.15) is 0 Å². The topological polar surface area (TPSA) is 104 Å². The van der Waals surface area contributed by atoms with Crippen molar-refractivity contribution >= 4 is 17.5 Å². The van der Waals surface area contributed by atoms with E-state index >= 15 is 0 Å². The van der Waals surface area contributed by atoms with Crippen LogP contribution in [0.15, 0.2) is 24.3 Å². The minimum absolute atomic E-state index is 0.0754. The molecule has 1 aromatic carbocycles. The minimum Gasteiger partial charge on any atom is -0.326 e. The molecule has 0 unspecified atom stereocenters. The van der Waals surface area contributed by atoms with Crippen LogP contribution in [0, 0.1) is 0 Å². The van der Waals surface area contributed by atoms with E-state index in [1.165, 1.54) is 11.0 Å². The molecule has 0 saturated carbocycles. The molecule has 0 aliphatic heterocycles. The predicted molar refractivity (Wildman–Crippen MR) is 85.5 cm³/mol. The summed E-state index contributed by atoms with van der Waals surface area (Å²) in [5, 5.41) is 11.2. The molecule has 0 spiro atoms. The molecule has 122 valence electrons. The van der Waals surface area contributed by atoms with Gasteiger partial charge in [-0.1, -0.05) is 32.9 Å². The van der Waals surface area contributed by atoms with E-state index in [0.29, 0.717) is 12.8 Å². The van der Waals surface area contributed by atoms with E-state index in [2.05, 4.69) is 26.1 Å². The summed E-state index contributed by atoms with van der Waals surface area (Å²) in [5.41, 5.74) is 9.04. The van der Waals surface area contributed by atoms with Gasteiger partial charge in [-0.2, -0.15) is 0 Å². The summed E-state index contributed by atoms with van der Waals surface area (Å²) in [5.74, 6) is -0.765.